The molecule has 2 saturated carbocycles. The fourth-order valence-electron chi connectivity index (χ4n) is 3.91. The Morgan fingerprint density at radius 2 is 1.95 bits per heavy atom. The topological polar surface area (TPSA) is 60.4 Å². The van der Waals surface area contributed by atoms with Crippen molar-refractivity contribution in [3.63, 3.8) is 0 Å². The van der Waals surface area contributed by atoms with Gasteiger partial charge in [0.15, 0.2) is 0 Å². The maximum Gasteiger partial charge on any atom is 0.341 e. The summed E-state index contributed by atoms with van der Waals surface area (Å²) in [4.78, 5) is 12.3. The number of fused-ring (bicyclic) bond motifs is 2. The van der Waals surface area contributed by atoms with Gasteiger partial charge in [0.2, 0.25) is 0 Å². The van der Waals surface area contributed by atoms with Gasteiger partial charge in [-0.25, -0.2) is 0 Å². The van der Waals surface area contributed by atoms with Crippen molar-refractivity contribution < 1.29 is 17.4 Å². The summed E-state index contributed by atoms with van der Waals surface area (Å²) in [6.45, 7) is 4.00. The van der Waals surface area contributed by atoms with Crippen molar-refractivity contribution in [2.24, 2.45) is 16.7 Å². The summed E-state index contributed by atoms with van der Waals surface area (Å²) in [5.41, 5.74) is -1.08. The van der Waals surface area contributed by atoms with Crippen molar-refractivity contribution in [1.82, 2.24) is 0 Å². The van der Waals surface area contributed by atoms with Crippen molar-refractivity contribution in [3.8, 4) is 0 Å². The number of carbonyl (C=O) groups is 1. The quantitative estimate of drug-likeness (QED) is 0.279. The van der Waals surface area contributed by atoms with Crippen molar-refractivity contribution in [2.75, 3.05) is 12.4 Å². The molecule has 0 amide bonds. The molecule has 128 valence electrons. The van der Waals surface area contributed by atoms with E-state index >= 15 is 0 Å². The maximum absolute atomic E-state index is 12.3. The molecule has 2 bridgehead atoms. The first-order chi connectivity index (χ1) is 9.90. The molecule has 2 aliphatic carbocycles. The zero-order valence-electron chi connectivity index (χ0n) is 12.7. The molecular formula is C13H21Cl3O4SSi. The minimum Gasteiger partial charge on any atom is -0.299 e. The van der Waals surface area contributed by atoms with Gasteiger partial charge in [-0.15, -0.1) is 33.2 Å². The Labute approximate surface area is 147 Å². The van der Waals surface area contributed by atoms with Gasteiger partial charge in [0, 0.05) is 6.42 Å². The Kier molecular flexibility index (Phi) is 5.35. The predicted octanol–water partition coefficient (Wildman–Crippen LogP) is 3.77. The fraction of sp³-hybridized carbons (Fsp3) is 0.923. The standard InChI is InChI=1S/C13H21Cl3O4SSi/c1-12(2)10-4-5-13(12,11(17)8-10)9-21(18,19)20-6-3-7-22(14,15)16/h10H,3-9H2,1-2H3. The molecule has 2 unspecified atom stereocenters. The maximum atomic E-state index is 12.3. The molecule has 2 aliphatic rings. The van der Waals surface area contributed by atoms with Crippen LogP contribution in [-0.2, 0) is 19.1 Å². The van der Waals surface area contributed by atoms with Gasteiger partial charge in [0.05, 0.1) is 17.8 Å². The number of hydrogen-bond donors (Lipinski definition) is 0. The zero-order valence-corrected chi connectivity index (χ0v) is 16.8. The van der Waals surface area contributed by atoms with Gasteiger partial charge in [-0.1, -0.05) is 13.8 Å². The molecule has 4 nitrogen and oxygen atoms in total. The predicted molar refractivity (Wildman–Crippen MR) is 91.0 cm³/mol. The summed E-state index contributed by atoms with van der Waals surface area (Å²) >= 11 is 17.2. The molecule has 0 aromatic rings. The van der Waals surface area contributed by atoms with Crippen LogP contribution in [0.25, 0.3) is 0 Å². The van der Waals surface area contributed by atoms with Gasteiger partial charge in [-0.05, 0) is 36.6 Å². The molecule has 0 spiro atoms. The average Bonchev–Trinajstić information content (AvgIpc) is 2.67. The van der Waals surface area contributed by atoms with Crippen LogP contribution in [0, 0.1) is 16.7 Å². The lowest BCUT2D eigenvalue weighted by Crippen LogP contribution is -2.42. The second-order valence-corrected chi connectivity index (χ2v) is 17.8. The van der Waals surface area contributed by atoms with E-state index in [9.17, 15) is 13.2 Å². The Hall–Kier alpha value is 0.667. The van der Waals surface area contributed by atoms with E-state index in [2.05, 4.69) is 0 Å². The highest BCUT2D eigenvalue weighted by Crippen LogP contribution is 2.64. The van der Waals surface area contributed by atoms with Crippen molar-refractivity contribution in [1.29, 1.82) is 0 Å². The summed E-state index contributed by atoms with van der Waals surface area (Å²) in [6, 6.07) is -2.40. The number of carbonyl (C=O) groups excluding carboxylic acids is 1. The molecule has 0 aliphatic heterocycles. The van der Waals surface area contributed by atoms with Crippen LogP contribution in [0.5, 0.6) is 0 Å². The smallest absolute Gasteiger partial charge is 0.299 e. The van der Waals surface area contributed by atoms with E-state index in [0.717, 1.165) is 6.42 Å². The summed E-state index contributed by atoms with van der Waals surface area (Å²) in [5, 5.41) is 0. The van der Waals surface area contributed by atoms with Gasteiger partial charge >= 0.3 is 6.00 Å². The second-order valence-electron chi connectivity index (χ2n) is 6.91. The van der Waals surface area contributed by atoms with Crippen LogP contribution >= 0.6 is 33.2 Å². The van der Waals surface area contributed by atoms with E-state index in [1.54, 1.807) is 0 Å². The fourth-order valence-corrected chi connectivity index (χ4v) is 7.39. The van der Waals surface area contributed by atoms with E-state index in [-0.39, 0.29) is 29.5 Å². The third kappa shape index (κ3) is 3.67. The Bertz CT molecular complexity index is 558. The molecule has 0 radical (unpaired) electrons. The van der Waals surface area contributed by atoms with E-state index in [0.29, 0.717) is 25.3 Å². The normalized spacial score (nSPS) is 31.0. The first-order valence-electron chi connectivity index (χ1n) is 7.37. The third-order valence-electron chi connectivity index (χ3n) is 5.43. The molecule has 2 rings (SSSR count). The van der Waals surface area contributed by atoms with Crippen LogP contribution in [0.2, 0.25) is 6.04 Å². The SMILES string of the molecule is CC1(C)C2CCC1(CS(=O)(=O)OCCC[Si](Cl)(Cl)Cl)C(=O)C2. The second kappa shape index (κ2) is 6.19. The Balaban J connectivity index is 1.98. The van der Waals surface area contributed by atoms with E-state index < -0.39 is 21.5 Å². The lowest BCUT2D eigenvalue weighted by atomic mass is 9.70. The largest absolute Gasteiger partial charge is 0.341 e. The van der Waals surface area contributed by atoms with Crippen molar-refractivity contribution in [2.45, 2.75) is 45.6 Å². The van der Waals surface area contributed by atoms with Crippen LogP contribution in [-0.4, -0.2) is 32.6 Å². The highest BCUT2D eigenvalue weighted by atomic mass is 35.8. The van der Waals surface area contributed by atoms with Crippen LogP contribution in [0.3, 0.4) is 0 Å². The minimum absolute atomic E-state index is 0.00261. The number of Topliss-reactive ketones (excluding diaryl/α,β-unsaturated/α-hetero) is 1. The van der Waals surface area contributed by atoms with Gasteiger partial charge in [-0.2, -0.15) is 8.42 Å². The summed E-state index contributed by atoms with van der Waals surface area (Å²) in [7, 11) is -3.77. The van der Waals surface area contributed by atoms with Gasteiger partial charge in [0.1, 0.15) is 5.78 Å². The van der Waals surface area contributed by atoms with E-state index in [4.69, 9.17) is 37.4 Å². The minimum atomic E-state index is -3.77. The van der Waals surface area contributed by atoms with Gasteiger partial charge in [0.25, 0.3) is 10.1 Å². The lowest BCUT2D eigenvalue weighted by molar-refractivity contribution is -0.128. The first-order valence-corrected chi connectivity index (χ1v) is 14.2. The molecule has 0 heterocycles. The zero-order chi connectivity index (χ0) is 16.8. The number of ketones is 1. The summed E-state index contributed by atoms with van der Waals surface area (Å²) in [6.07, 6.45) is 2.41. The van der Waals surface area contributed by atoms with Crippen LogP contribution in [0.15, 0.2) is 0 Å². The van der Waals surface area contributed by atoms with Crippen LogP contribution in [0.1, 0.15) is 39.5 Å². The van der Waals surface area contributed by atoms with Crippen LogP contribution < -0.4 is 0 Å². The van der Waals surface area contributed by atoms with E-state index in [1.165, 1.54) is 0 Å². The molecular weight excluding hydrogens is 387 g/mol. The van der Waals surface area contributed by atoms with Gasteiger partial charge in [-0.3, -0.25) is 8.98 Å². The molecule has 22 heavy (non-hydrogen) atoms. The Morgan fingerprint density at radius 3 is 2.41 bits per heavy atom. The van der Waals surface area contributed by atoms with Crippen LogP contribution in [0.4, 0.5) is 0 Å². The van der Waals surface area contributed by atoms with Crippen molar-refractivity contribution >= 4 is 55.1 Å². The number of rotatable bonds is 7. The average molecular weight is 408 g/mol. The lowest BCUT2D eigenvalue weighted by Gasteiger charge is -2.35. The molecule has 9 heteroatoms. The highest BCUT2D eigenvalue weighted by Gasteiger charge is 2.65. The van der Waals surface area contributed by atoms with E-state index in [1.807, 2.05) is 13.8 Å². The molecule has 2 fully saturated rings. The summed E-state index contributed by atoms with van der Waals surface area (Å²) < 4.78 is 29.6. The Morgan fingerprint density at radius 1 is 1.32 bits per heavy atom. The molecule has 0 N–H and O–H groups in total. The first kappa shape index (κ1) is 19.0. The number of hydrogen-bond acceptors (Lipinski definition) is 4. The third-order valence-corrected chi connectivity index (χ3v) is 9.42. The number of halogens is 3. The van der Waals surface area contributed by atoms with Crippen molar-refractivity contribution in [3.05, 3.63) is 0 Å². The highest BCUT2D eigenvalue weighted by molar-refractivity contribution is 7.86. The molecule has 0 aromatic carbocycles. The van der Waals surface area contributed by atoms with Gasteiger partial charge < -0.3 is 0 Å². The molecule has 2 atom stereocenters. The summed E-state index contributed by atoms with van der Waals surface area (Å²) in [5.74, 6) is 0.119. The molecule has 0 saturated heterocycles. The molecule has 0 aromatic heterocycles. The monoisotopic (exact) mass is 406 g/mol.